The Morgan fingerprint density at radius 1 is 1.24 bits per heavy atom. The van der Waals surface area contributed by atoms with Gasteiger partial charge in [-0.25, -0.2) is 5.90 Å². The smallest absolute Gasteiger partial charge is 0.0719 e. The van der Waals surface area contributed by atoms with Crippen molar-refractivity contribution in [3.63, 3.8) is 0 Å². The van der Waals surface area contributed by atoms with Crippen LogP contribution in [0.4, 0.5) is 0 Å². The van der Waals surface area contributed by atoms with Crippen LogP contribution in [-0.4, -0.2) is 37.8 Å². The zero-order valence-corrected chi connectivity index (χ0v) is 10.1. The molecule has 2 rings (SSSR count). The van der Waals surface area contributed by atoms with Crippen molar-refractivity contribution in [3.8, 4) is 0 Å². The Morgan fingerprint density at radius 3 is 2.76 bits per heavy atom. The lowest BCUT2D eigenvalue weighted by atomic mass is 10.1. The van der Waals surface area contributed by atoms with Crippen LogP contribution >= 0.6 is 0 Å². The highest BCUT2D eigenvalue weighted by molar-refractivity contribution is 5.23. The zero-order chi connectivity index (χ0) is 11.9. The molecule has 94 valence electrons. The van der Waals surface area contributed by atoms with Gasteiger partial charge in [0.15, 0.2) is 0 Å². The summed E-state index contributed by atoms with van der Waals surface area (Å²) < 4.78 is 5.34. The first-order chi connectivity index (χ1) is 8.38. The van der Waals surface area contributed by atoms with Gasteiger partial charge in [-0.05, 0) is 17.5 Å². The molecule has 0 radical (unpaired) electrons. The summed E-state index contributed by atoms with van der Waals surface area (Å²) in [6.07, 6.45) is 0.869. The van der Waals surface area contributed by atoms with Crippen molar-refractivity contribution in [1.82, 2.24) is 4.90 Å². The van der Waals surface area contributed by atoms with E-state index in [1.54, 1.807) is 0 Å². The van der Waals surface area contributed by atoms with Gasteiger partial charge in [-0.3, -0.25) is 4.90 Å². The van der Waals surface area contributed by atoms with Crippen LogP contribution in [0.25, 0.3) is 0 Å². The van der Waals surface area contributed by atoms with E-state index in [-0.39, 0.29) is 0 Å². The van der Waals surface area contributed by atoms with E-state index in [1.165, 1.54) is 11.1 Å². The molecule has 1 aromatic rings. The molecular weight excluding hydrogens is 216 g/mol. The molecule has 0 spiro atoms. The molecule has 0 unspecified atom stereocenters. The van der Waals surface area contributed by atoms with Crippen LogP contribution in [0.3, 0.4) is 0 Å². The van der Waals surface area contributed by atoms with Crippen LogP contribution in [0.2, 0.25) is 0 Å². The van der Waals surface area contributed by atoms with Gasteiger partial charge in [-0.2, -0.15) is 0 Å². The van der Waals surface area contributed by atoms with Gasteiger partial charge in [-0.15, -0.1) is 0 Å². The van der Waals surface area contributed by atoms with Crippen molar-refractivity contribution in [1.29, 1.82) is 0 Å². The summed E-state index contributed by atoms with van der Waals surface area (Å²) in [6.45, 7) is 5.31. The molecule has 1 saturated heterocycles. The number of morpholine rings is 1. The fraction of sp³-hybridized carbons (Fsp3) is 0.538. The van der Waals surface area contributed by atoms with E-state index in [0.29, 0.717) is 6.61 Å². The molecule has 1 aliphatic rings. The van der Waals surface area contributed by atoms with Crippen LogP contribution in [0.5, 0.6) is 0 Å². The highest BCUT2D eigenvalue weighted by Gasteiger charge is 2.10. The summed E-state index contributed by atoms with van der Waals surface area (Å²) in [6, 6.07) is 8.61. The lowest BCUT2D eigenvalue weighted by Crippen LogP contribution is -2.35. The van der Waals surface area contributed by atoms with Crippen molar-refractivity contribution < 1.29 is 9.57 Å². The summed E-state index contributed by atoms with van der Waals surface area (Å²) in [5, 5.41) is 0. The Morgan fingerprint density at radius 2 is 2.00 bits per heavy atom. The molecule has 1 fully saturated rings. The summed E-state index contributed by atoms with van der Waals surface area (Å²) in [5.74, 6) is 5.04. The number of ether oxygens (including phenoxy) is 1. The summed E-state index contributed by atoms with van der Waals surface area (Å²) in [4.78, 5) is 7.03. The van der Waals surface area contributed by atoms with Crippen molar-refractivity contribution in [2.75, 3.05) is 32.9 Å². The standard InChI is InChI=1S/C13H20N2O2/c14-17-7-4-12-2-1-3-13(10-12)11-15-5-8-16-9-6-15/h1-3,10H,4-9,11,14H2. The molecule has 0 aromatic heterocycles. The Bertz CT molecular complexity index is 338. The lowest BCUT2D eigenvalue weighted by molar-refractivity contribution is 0.0342. The number of benzene rings is 1. The largest absolute Gasteiger partial charge is 0.379 e. The predicted octanol–water partition coefficient (Wildman–Crippen LogP) is 0.952. The van der Waals surface area contributed by atoms with Crippen LogP contribution in [-0.2, 0) is 22.5 Å². The Labute approximate surface area is 102 Å². The minimum atomic E-state index is 0.570. The highest BCUT2D eigenvalue weighted by Crippen LogP contribution is 2.10. The van der Waals surface area contributed by atoms with E-state index in [0.717, 1.165) is 39.3 Å². The third-order valence-corrected chi connectivity index (χ3v) is 3.01. The number of nitrogens with two attached hydrogens (primary N) is 1. The summed E-state index contributed by atoms with van der Waals surface area (Å²) >= 11 is 0. The molecule has 0 amide bonds. The highest BCUT2D eigenvalue weighted by atomic mass is 16.6. The van der Waals surface area contributed by atoms with Gasteiger partial charge in [0.25, 0.3) is 0 Å². The molecule has 0 bridgehead atoms. The third-order valence-electron chi connectivity index (χ3n) is 3.01. The fourth-order valence-electron chi connectivity index (χ4n) is 2.08. The molecule has 17 heavy (non-hydrogen) atoms. The van der Waals surface area contributed by atoms with E-state index >= 15 is 0 Å². The third kappa shape index (κ3) is 4.09. The van der Waals surface area contributed by atoms with Crippen molar-refractivity contribution in [2.45, 2.75) is 13.0 Å². The van der Waals surface area contributed by atoms with Gasteiger partial charge >= 0.3 is 0 Å². The van der Waals surface area contributed by atoms with Gasteiger partial charge in [0.1, 0.15) is 0 Å². The van der Waals surface area contributed by atoms with Gasteiger partial charge in [0.2, 0.25) is 0 Å². The second-order valence-electron chi connectivity index (χ2n) is 4.33. The molecule has 1 aromatic carbocycles. The van der Waals surface area contributed by atoms with Crippen LogP contribution < -0.4 is 5.90 Å². The topological polar surface area (TPSA) is 47.7 Å². The molecule has 0 aliphatic carbocycles. The number of rotatable bonds is 5. The number of nitrogens with zero attached hydrogens (tertiary/aromatic N) is 1. The number of hydrogen-bond donors (Lipinski definition) is 1. The fourth-order valence-corrected chi connectivity index (χ4v) is 2.08. The molecule has 1 aliphatic heterocycles. The molecule has 4 nitrogen and oxygen atoms in total. The van der Waals surface area contributed by atoms with Crippen molar-refractivity contribution >= 4 is 0 Å². The lowest BCUT2D eigenvalue weighted by Gasteiger charge is -2.26. The second kappa shape index (κ2) is 6.71. The molecule has 0 saturated carbocycles. The Kier molecular flexibility index (Phi) is 4.94. The second-order valence-corrected chi connectivity index (χ2v) is 4.33. The zero-order valence-electron chi connectivity index (χ0n) is 10.1. The first-order valence-corrected chi connectivity index (χ1v) is 6.08. The maximum absolute atomic E-state index is 5.34. The maximum Gasteiger partial charge on any atom is 0.0719 e. The monoisotopic (exact) mass is 236 g/mol. The van der Waals surface area contributed by atoms with E-state index in [1.807, 2.05) is 0 Å². The Balaban J connectivity index is 1.90. The van der Waals surface area contributed by atoms with E-state index in [9.17, 15) is 0 Å². The van der Waals surface area contributed by atoms with Crippen LogP contribution in [0.15, 0.2) is 24.3 Å². The minimum absolute atomic E-state index is 0.570. The van der Waals surface area contributed by atoms with E-state index in [4.69, 9.17) is 10.6 Å². The molecule has 4 heteroatoms. The van der Waals surface area contributed by atoms with Gasteiger partial charge in [-0.1, -0.05) is 24.3 Å². The molecule has 2 N–H and O–H groups in total. The van der Waals surface area contributed by atoms with E-state index < -0.39 is 0 Å². The van der Waals surface area contributed by atoms with Crippen LogP contribution in [0, 0.1) is 0 Å². The normalized spacial score (nSPS) is 17.2. The Hall–Kier alpha value is -0.940. The summed E-state index contributed by atoms with van der Waals surface area (Å²) in [5.41, 5.74) is 2.63. The van der Waals surface area contributed by atoms with Gasteiger partial charge in [0, 0.05) is 19.6 Å². The average Bonchev–Trinajstić information content (AvgIpc) is 2.38. The molecular formula is C13H20N2O2. The number of hydrogen-bond acceptors (Lipinski definition) is 4. The minimum Gasteiger partial charge on any atom is -0.379 e. The van der Waals surface area contributed by atoms with E-state index in [2.05, 4.69) is 34.0 Å². The quantitative estimate of drug-likeness (QED) is 0.773. The molecule has 0 atom stereocenters. The predicted molar refractivity (Wildman–Crippen MR) is 66.4 cm³/mol. The first kappa shape index (κ1) is 12.5. The first-order valence-electron chi connectivity index (χ1n) is 6.08. The van der Waals surface area contributed by atoms with Gasteiger partial charge in [0.05, 0.1) is 19.8 Å². The SMILES string of the molecule is NOCCc1cccc(CN2CCOCC2)c1. The maximum atomic E-state index is 5.34. The van der Waals surface area contributed by atoms with Crippen LogP contribution in [0.1, 0.15) is 11.1 Å². The van der Waals surface area contributed by atoms with Crippen molar-refractivity contribution in [2.24, 2.45) is 5.90 Å². The summed E-state index contributed by atoms with van der Waals surface area (Å²) in [7, 11) is 0. The average molecular weight is 236 g/mol. The van der Waals surface area contributed by atoms with Gasteiger partial charge < -0.3 is 9.57 Å². The molecule has 1 heterocycles. The van der Waals surface area contributed by atoms with Crippen molar-refractivity contribution in [3.05, 3.63) is 35.4 Å².